The Morgan fingerprint density at radius 1 is 0.844 bits per heavy atom. The number of rotatable bonds is 6. The van der Waals surface area contributed by atoms with Gasteiger partial charge in [-0.3, -0.25) is 14.6 Å². The van der Waals surface area contributed by atoms with Crippen LogP contribution in [0, 0.1) is 11.8 Å². The number of fused-ring (bicyclic) bond motifs is 3. The molecule has 3 unspecified atom stereocenters. The summed E-state index contributed by atoms with van der Waals surface area (Å²) >= 11 is 0. The molecule has 0 aromatic heterocycles. The van der Waals surface area contributed by atoms with Crippen LogP contribution in [0.5, 0.6) is 0 Å². The Balaban J connectivity index is 1.03. The molecule has 0 N–H and O–H groups in total. The van der Waals surface area contributed by atoms with E-state index in [0.29, 0.717) is 6.42 Å². The van der Waals surface area contributed by atoms with E-state index in [1.54, 1.807) is 0 Å². The Morgan fingerprint density at radius 3 is 2.41 bits per heavy atom. The second-order valence-electron chi connectivity index (χ2n) is 10.5. The zero-order valence-electron chi connectivity index (χ0n) is 19.1. The van der Waals surface area contributed by atoms with Gasteiger partial charge in [0.15, 0.2) is 0 Å². The maximum atomic E-state index is 12.8. The van der Waals surface area contributed by atoms with Gasteiger partial charge in [0.2, 0.25) is 5.91 Å². The highest BCUT2D eigenvalue weighted by Gasteiger charge is 2.40. The molecule has 32 heavy (non-hydrogen) atoms. The third-order valence-electron chi connectivity index (χ3n) is 8.56. The van der Waals surface area contributed by atoms with E-state index in [1.165, 1.54) is 48.1 Å². The molecule has 2 bridgehead atoms. The van der Waals surface area contributed by atoms with Crippen molar-refractivity contribution in [1.82, 2.24) is 9.80 Å². The number of benzene rings is 2. The molecule has 2 aliphatic carbocycles. The van der Waals surface area contributed by atoms with Crippen molar-refractivity contribution in [1.29, 1.82) is 0 Å². The lowest BCUT2D eigenvalue weighted by Crippen LogP contribution is -2.48. The number of amides is 1. The van der Waals surface area contributed by atoms with Crippen LogP contribution in [-0.2, 0) is 17.8 Å². The molecule has 2 saturated carbocycles. The molecule has 2 aromatic carbocycles. The Morgan fingerprint density at radius 2 is 1.66 bits per heavy atom. The van der Waals surface area contributed by atoms with Gasteiger partial charge in [0.1, 0.15) is 0 Å². The van der Waals surface area contributed by atoms with E-state index in [0.717, 1.165) is 63.6 Å². The molecular formula is C28H35N3O. The highest BCUT2D eigenvalue weighted by Crippen LogP contribution is 2.53. The minimum absolute atomic E-state index is 0.285. The lowest BCUT2D eigenvalue weighted by molar-refractivity contribution is -0.117. The molecule has 2 aromatic rings. The van der Waals surface area contributed by atoms with E-state index in [4.69, 9.17) is 0 Å². The first-order valence-corrected chi connectivity index (χ1v) is 12.6. The maximum absolute atomic E-state index is 12.8. The topological polar surface area (TPSA) is 26.8 Å². The quantitative estimate of drug-likeness (QED) is 0.685. The van der Waals surface area contributed by atoms with Crippen LogP contribution in [-0.4, -0.2) is 55.0 Å². The standard InChI is InChI=1S/C28H35N3O/c32-28-19-25-18-24(26-17-22-6-7-23(26)16-22)8-9-27(25)31(28)15-14-29-10-12-30(13-11-29)20-21-4-2-1-3-5-21/h1-5,8-9,18,22-23,26H,6-7,10-17,19-20H2. The molecule has 2 heterocycles. The summed E-state index contributed by atoms with van der Waals surface area (Å²) in [6.07, 6.45) is 6.26. The second kappa shape index (κ2) is 8.64. The number of nitrogens with zero attached hydrogens (tertiary/aromatic N) is 3. The van der Waals surface area contributed by atoms with E-state index in [-0.39, 0.29) is 5.91 Å². The largest absolute Gasteiger partial charge is 0.311 e. The predicted molar refractivity (Wildman–Crippen MR) is 129 cm³/mol. The predicted octanol–water partition coefficient (Wildman–Crippen LogP) is 4.30. The average Bonchev–Trinajstić information content (AvgIpc) is 3.53. The molecule has 2 aliphatic heterocycles. The first-order chi connectivity index (χ1) is 15.7. The maximum Gasteiger partial charge on any atom is 0.231 e. The van der Waals surface area contributed by atoms with Crippen LogP contribution in [0.4, 0.5) is 5.69 Å². The number of carbonyl (C=O) groups is 1. The minimum Gasteiger partial charge on any atom is -0.311 e. The molecule has 6 rings (SSSR count). The Labute approximate surface area is 192 Å². The van der Waals surface area contributed by atoms with Crippen molar-refractivity contribution in [3.63, 3.8) is 0 Å². The number of hydrogen-bond donors (Lipinski definition) is 0. The molecule has 3 fully saturated rings. The molecule has 0 radical (unpaired) electrons. The van der Waals surface area contributed by atoms with Crippen molar-refractivity contribution >= 4 is 11.6 Å². The first kappa shape index (κ1) is 20.4. The third-order valence-corrected chi connectivity index (χ3v) is 8.56. The van der Waals surface area contributed by atoms with Crippen LogP contribution in [0.2, 0.25) is 0 Å². The van der Waals surface area contributed by atoms with Crippen molar-refractivity contribution in [2.75, 3.05) is 44.2 Å². The van der Waals surface area contributed by atoms with Crippen LogP contribution < -0.4 is 4.90 Å². The lowest BCUT2D eigenvalue weighted by Gasteiger charge is -2.35. The lowest BCUT2D eigenvalue weighted by atomic mass is 9.83. The van der Waals surface area contributed by atoms with Gasteiger partial charge >= 0.3 is 0 Å². The molecule has 3 atom stereocenters. The summed E-state index contributed by atoms with van der Waals surface area (Å²) in [6, 6.07) is 17.7. The zero-order chi connectivity index (χ0) is 21.5. The molecule has 4 heteroatoms. The fraction of sp³-hybridized carbons (Fsp3) is 0.536. The number of carbonyl (C=O) groups excluding carboxylic acids is 1. The van der Waals surface area contributed by atoms with Gasteiger partial charge in [-0.15, -0.1) is 0 Å². The van der Waals surface area contributed by atoms with E-state index >= 15 is 0 Å². The first-order valence-electron chi connectivity index (χ1n) is 12.6. The van der Waals surface area contributed by atoms with Gasteiger partial charge in [-0.25, -0.2) is 0 Å². The number of hydrogen-bond acceptors (Lipinski definition) is 3. The summed E-state index contributed by atoms with van der Waals surface area (Å²) in [5, 5.41) is 0. The van der Waals surface area contributed by atoms with E-state index in [2.05, 4.69) is 63.2 Å². The summed E-state index contributed by atoms with van der Waals surface area (Å²) in [5.74, 6) is 2.89. The summed E-state index contributed by atoms with van der Waals surface area (Å²) in [7, 11) is 0. The van der Waals surface area contributed by atoms with Gasteiger partial charge in [-0.05, 0) is 59.8 Å². The fourth-order valence-electron chi connectivity index (χ4n) is 6.79. The third kappa shape index (κ3) is 3.99. The zero-order valence-corrected chi connectivity index (χ0v) is 19.1. The molecule has 4 aliphatic rings. The van der Waals surface area contributed by atoms with Crippen molar-refractivity contribution < 1.29 is 4.79 Å². The fourth-order valence-corrected chi connectivity index (χ4v) is 6.79. The second-order valence-corrected chi connectivity index (χ2v) is 10.5. The van der Waals surface area contributed by atoms with Crippen molar-refractivity contribution in [3.05, 3.63) is 65.2 Å². The number of anilines is 1. The summed E-state index contributed by atoms with van der Waals surface area (Å²) in [6.45, 7) is 7.21. The van der Waals surface area contributed by atoms with Gasteiger partial charge in [-0.2, -0.15) is 0 Å². The van der Waals surface area contributed by atoms with Crippen molar-refractivity contribution in [3.8, 4) is 0 Å². The summed E-state index contributed by atoms with van der Waals surface area (Å²) < 4.78 is 0. The van der Waals surface area contributed by atoms with Crippen LogP contribution >= 0.6 is 0 Å². The molecule has 4 nitrogen and oxygen atoms in total. The van der Waals surface area contributed by atoms with Gasteiger partial charge in [0.05, 0.1) is 6.42 Å². The molecule has 1 amide bonds. The summed E-state index contributed by atoms with van der Waals surface area (Å²) in [5.41, 5.74) is 5.33. The minimum atomic E-state index is 0.285. The highest BCUT2D eigenvalue weighted by molar-refractivity contribution is 6.01. The Kier molecular flexibility index (Phi) is 5.52. The van der Waals surface area contributed by atoms with E-state index < -0.39 is 0 Å². The number of piperazine rings is 1. The van der Waals surface area contributed by atoms with Crippen LogP contribution in [0.25, 0.3) is 0 Å². The molecular weight excluding hydrogens is 394 g/mol. The molecule has 168 valence electrons. The normalized spacial score (nSPS) is 27.9. The van der Waals surface area contributed by atoms with E-state index in [1.807, 2.05) is 0 Å². The SMILES string of the molecule is O=C1Cc2cc(C3CC4CCC3C4)ccc2N1CCN1CCN(Cc2ccccc2)CC1. The van der Waals surface area contributed by atoms with Crippen molar-refractivity contribution in [2.24, 2.45) is 11.8 Å². The van der Waals surface area contributed by atoms with Gasteiger partial charge in [0, 0.05) is 51.5 Å². The molecule has 0 spiro atoms. The van der Waals surface area contributed by atoms with Crippen molar-refractivity contribution in [2.45, 2.75) is 44.6 Å². The van der Waals surface area contributed by atoms with Gasteiger partial charge in [-0.1, -0.05) is 48.9 Å². The monoisotopic (exact) mass is 429 g/mol. The van der Waals surface area contributed by atoms with Gasteiger partial charge in [0.25, 0.3) is 0 Å². The Hall–Kier alpha value is -2.17. The molecule has 1 saturated heterocycles. The Bertz CT molecular complexity index is 966. The van der Waals surface area contributed by atoms with Crippen LogP contribution in [0.3, 0.4) is 0 Å². The van der Waals surface area contributed by atoms with Crippen LogP contribution in [0.15, 0.2) is 48.5 Å². The van der Waals surface area contributed by atoms with Gasteiger partial charge < -0.3 is 4.90 Å². The average molecular weight is 430 g/mol. The van der Waals surface area contributed by atoms with Crippen LogP contribution in [0.1, 0.15) is 48.3 Å². The van der Waals surface area contributed by atoms with E-state index in [9.17, 15) is 4.79 Å². The smallest absolute Gasteiger partial charge is 0.231 e. The summed E-state index contributed by atoms with van der Waals surface area (Å²) in [4.78, 5) is 19.9. The highest BCUT2D eigenvalue weighted by atomic mass is 16.2.